The second-order valence-corrected chi connectivity index (χ2v) is 7.77. The molecule has 152 valence electrons. The largest absolute Gasteiger partial charge is 0.375 e. The number of nitrogens with zero attached hydrogens (tertiary/aromatic N) is 3. The van der Waals surface area contributed by atoms with Crippen LogP contribution in [0.25, 0.3) is 11.0 Å². The summed E-state index contributed by atoms with van der Waals surface area (Å²) in [5.41, 5.74) is 7.69. The maximum absolute atomic E-state index is 11.5. The third-order valence-electron chi connectivity index (χ3n) is 4.34. The minimum atomic E-state index is -3.77. The Kier molecular flexibility index (Phi) is 5.52. The van der Waals surface area contributed by atoms with E-state index in [0.29, 0.717) is 29.3 Å². The lowest BCUT2D eigenvalue weighted by Gasteiger charge is -2.12. The topological polar surface area (TPSA) is 157 Å². The second kappa shape index (κ2) is 7.89. The minimum Gasteiger partial charge on any atom is -0.375 e. The molecule has 0 atom stereocenters. The Labute approximate surface area is 167 Å². The van der Waals surface area contributed by atoms with Crippen LogP contribution < -0.4 is 21.5 Å². The van der Waals surface area contributed by atoms with E-state index in [1.165, 1.54) is 12.1 Å². The van der Waals surface area contributed by atoms with Crippen molar-refractivity contribution in [2.45, 2.75) is 11.4 Å². The lowest BCUT2D eigenvalue weighted by atomic mass is 10.2. The lowest BCUT2D eigenvalue weighted by Crippen LogP contribution is -2.24. The number of anilines is 2. The van der Waals surface area contributed by atoms with Crippen molar-refractivity contribution in [3.8, 4) is 0 Å². The average molecular weight is 415 g/mol. The third-order valence-corrected chi connectivity index (χ3v) is 5.27. The number of aliphatic imine (C=N–C) groups is 1. The van der Waals surface area contributed by atoms with Gasteiger partial charge >= 0.3 is 0 Å². The number of benzene rings is 2. The molecule has 1 amide bonds. The highest BCUT2D eigenvalue weighted by molar-refractivity contribution is 7.89. The van der Waals surface area contributed by atoms with Crippen LogP contribution in [0.3, 0.4) is 0 Å². The van der Waals surface area contributed by atoms with Gasteiger partial charge in [0.25, 0.3) is 0 Å². The molecule has 10 nitrogen and oxygen atoms in total. The molecule has 0 fully saturated rings. The molecule has 0 aliphatic carbocycles. The fourth-order valence-corrected chi connectivity index (χ4v) is 3.32. The molecule has 2 aromatic carbocycles. The van der Waals surface area contributed by atoms with E-state index in [2.05, 4.69) is 20.6 Å². The second-order valence-electron chi connectivity index (χ2n) is 6.20. The van der Waals surface area contributed by atoms with E-state index in [4.69, 9.17) is 10.9 Å². The third kappa shape index (κ3) is 4.36. The fraction of sp³-hybridized carbons (Fsp3) is 0.167. The average Bonchev–Trinajstić information content (AvgIpc) is 3.01. The number of carbonyl (C=O) groups is 1. The maximum atomic E-state index is 11.5. The summed E-state index contributed by atoms with van der Waals surface area (Å²) in [5, 5.41) is 11.3. The molecule has 0 saturated heterocycles. The molecule has 3 rings (SSSR count). The molecule has 6 N–H and O–H groups in total. The highest BCUT2D eigenvalue weighted by Gasteiger charge is 2.15. The summed E-state index contributed by atoms with van der Waals surface area (Å²) in [6.07, 6.45) is 0. The molecule has 11 heteroatoms. The number of sulfonamides is 1. The highest BCUT2D eigenvalue weighted by Crippen LogP contribution is 2.24. The predicted octanol–water partition coefficient (Wildman–Crippen LogP) is 0.774. The van der Waals surface area contributed by atoms with Crippen molar-refractivity contribution in [2.24, 2.45) is 15.9 Å². The zero-order valence-corrected chi connectivity index (χ0v) is 16.7. The van der Waals surface area contributed by atoms with Gasteiger partial charge in [0.1, 0.15) is 5.84 Å². The predicted molar refractivity (Wildman–Crippen MR) is 112 cm³/mol. The van der Waals surface area contributed by atoms with Crippen molar-refractivity contribution in [3.63, 3.8) is 0 Å². The normalized spacial score (nSPS) is 12.2. The van der Waals surface area contributed by atoms with Crippen LogP contribution in [-0.2, 0) is 16.6 Å². The van der Waals surface area contributed by atoms with Crippen LogP contribution in [0.15, 0.2) is 52.4 Å². The number of imidazole rings is 1. The number of hydrogen-bond acceptors (Lipinski definition) is 6. The summed E-state index contributed by atoms with van der Waals surface area (Å²) in [6.45, 7) is 0.400. The van der Waals surface area contributed by atoms with Crippen molar-refractivity contribution in [1.82, 2.24) is 14.9 Å². The first-order valence-corrected chi connectivity index (χ1v) is 10.1. The van der Waals surface area contributed by atoms with E-state index in [1.807, 2.05) is 4.57 Å². The molecular weight excluding hydrogens is 394 g/mol. The smallest absolute Gasteiger partial charge is 0.248 e. The molecule has 1 heterocycles. The molecule has 0 radical (unpaired) electrons. The van der Waals surface area contributed by atoms with Gasteiger partial charge in [-0.15, -0.1) is 0 Å². The monoisotopic (exact) mass is 415 g/mol. The number of rotatable bonds is 6. The van der Waals surface area contributed by atoms with Gasteiger partial charge in [-0.1, -0.05) is 0 Å². The van der Waals surface area contributed by atoms with Crippen LogP contribution >= 0.6 is 0 Å². The molecular formula is C18H21N7O3S. The highest BCUT2D eigenvalue weighted by atomic mass is 32.2. The minimum absolute atomic E-state index is 0.0123. The number of fused-ring (bicyclic) bond motifs is 1. The Morgan fingerprint density at radius 1 is 1.21 bits per heavy atom. The number of aromatic nitrogens is 2. The summed E-state index contributed by atoms with van der Waals surface area (Å²) < 4.78 is 24.7. The Hall–Kier alpha value is -3.44. The van der Waals surface area contributed by atoms with E-state index in [1.54, 1.807) is 44.4 Å². The molecule has 0 aliphatic rings. The zero-order valence-electron chi connectivity index (χ0n) is 15.9. The molecule has 3 aromatic rings. The Morgan fingerprint density at radius 2 is 1.90 bits per heavy atom. The van der Waals surface area contributed by atoms with Crippen LogP contribution in [0.1, 0.15) is 10.4 Å². The van der Waals surface area contributed by atoms with Gasteiger partial charge in [-0.2, -0.15) is 0 Å². The van der Waals surface area contributed by atoms with E-state index in [0.717, 1.165) is 11.4 Å². The van der Waals surface area contributed by atoms with Crippen molar-refractivity contribution in [3.05, 3.63) is 48.0 Å². The Bertz CT molecular complexity index is 1200. The van der Waals surface area contributed by atoms with Gasteiger partial charge in [-0.25, -0.2) is 18.5 Å². The summed E-state index contributed by atoms with van der Waals surface area (Å²) in [7, 11) is -0.328. The summed E-state index contributed by atoms with van der Waals surface area (Å²) >= 11 is 0. The molecule has 0 bridgehead atoms. The van der Waals surface area contributed by atoms with Gasteiger partial charge in [-0.3, -0.25) is 9.79 Å². The van der Waals surface area contributed by atoms with E-state index in [-0.39, 0.29) is 4.90 Å². The number of primary amides is 1. The maximum Gasteiger partial charge on any atom is 0.248 e. The standard InChI is InChI=1S/C18H21N7O3S/c1-21-16(22-2)10-25-15-8-3-11(17(19)26)9-14(15)24-18(25)23-12-4-6-13(7-5-12)29(20,27)28/h3-9H,10H2,1-2H3,(H2,19,26)(H,21,22)(H,23,24)(H2,20,27,28). The molecule has 29 heavy (non-hydrogen) atoms. The molecule has 0 unspecified atom stereocenters. The van der Waals surface area contributed by atoms with Crippen molar-refractivity contribution in [2.75, 3.05) is 19.4 Å². The van der Waals surface area contributed by atoms with Gasteiger partial charge in [0.15, 0.2) is 0 Å². The van der Waals surface area contributed by atoms with Crippen molar-refractivity contribution >= 4 is 44.4 Å². The zero-order chi connectivity index (χ0) is 21.2. The number of hydrogen-bond donors (Lipinski definition) is 4. The van der Waals surface area contributed by atoms with E-state index >= 15 is 0 Å². The van der Waals surface area contributed by atoms with Gasteiger partial charge in [0, 0.05) is 25.3 Å². The first-order valence-electron chi connectivity index (χ1n) is 8.56. The van der Waals surface area contributed by atoms with Gasteiger partial charge in [0.2, 0.25) is 21.9 Å². The summed E-state index contributed by atoms with van der Waals surface area (Å²) in [6, 6.07) is 11.0. The quantitative estimate of drug-likeness (QED) is 0.344. The molecule has 0 saturated carbocycles. The number of nitrogens with one attached hydrogen (secondary N) is 2. The number of amides is 1. The van der Waals surface area contributed by atoms with Crippen LogP contribution in [0, 0.1) is 0 Å². The van der Waals surface area contributed by atoms with E-state index < -0.39 is 15.9 Å². The van der Waals surface area contributed by atoms with Crippen LogP contribution in [-0.4, -0.2) is 43.8 Å². The number of amidine groups is 1. The number of likely N-dealkylation sites (N-methyl/N-ethyl adjacent to an activating group) is 1. The number of nitrogens with two attached hydrogens (primary N) is 2. The van der Waals surface area contributed by atoms with Crippen molar-refractivity contribution < 1.29 is 13.2 Å². The Balaban J connectivity index is 2.05. The van der Waals surface area contributed by atoms with Gasteiger partial charge < -0.3 is 20.9 Å². The number of carbonyl (C=O) groups excluding carboxylic acids is 1. The van der Waals surface area contributed by atoms with E-state index in [9.17, 15) is 13.2 Å². The molecule has 0 aliphatic heterocycles. The first-order chi connectivity index (χ1) is 13.7. The van der Waals surface area contributed by atoms with Crippen molar-refractivity contribution in [1.29, 1.82) is 0 Å². The summed E-state index contributed by atoms with van der Waals surface area (Å²) in [5.74, 6) is 0.665. The van der Waals surface area contributed by atoms with Gasteiger partial charge in [0.05, 0.1) is 22.5 Å². The molecule has 0 spiro atoms. The lowest BCUT2D eigenvalue weighted by molar-refractivity contribution is 0.100. The van der Waals surface area contributed by atoms with Crippen LogP contribution in [0.4, 0.5) is 11.6 Å². The van der Waals surface area contributed by atoms with Gasteiger partial charge in [-0.05, 0) is 42.5 Å². The number of primary sulfonamides is 1. The summed E-state index contributed by atoms with van der Waals surface area (Å²) in [4.78, 5) is 20.3. The first kappa shape index (κ1) is 20.3. The molecule has 1 aromatic heterocycles. The van der Waals surface area contributed by atoms with Crippen LogP contribution in [0.2, 0.25) is 0 Å². The van der Waals surface area contributed by atoms with Crippen LogP contribution in [0.5, 0.6) is 0 Å². The Morgan fingerprint density at radius 3 is 2.45 bits per heavy atom. The SMILES string of the molecule is CN=C(Cn1c(Nc2ccc(S(N)(=O)=O)cc2)nc2cc(C(N)=O)ccc21)NC. The fourth-order valence-electron chi connectivity index (χ4n) is 2.81.